The molecule has 2 aromatic carbocycles. The number of rotatable bonds is 4. The molecule has 21 heavy (non-hydrogen) atoms. The van der Waals surface area contributed by atoms with Gasteiger partial charge in [-0.05, 0) is 12.1 Å². The summed E-state index contributed by atoms with van der Waals surface area (Å²) < 4.78 is 11.1. The van der Waals surface area contributed by atoms with Gasteiger partial charge >= 0.3 is 0 Å². The van der Waals surface area contributed by atoms with Crippen LogP contribution in [0.2, 0.25) is 0 Å². The number of nitrogens with zero attached hydrogens (tertiary/aromatic N) is 2. The molecule has 0 radical (unpaired) electrons. The Morgan fingerprint density at radius 3 is 2.29 bits per heavy atom. The lowest BCUT2D eigenvalue weighted by Gasteiger charge is -2.08. The molecule has 0 N–H and O–H groups in total. The van der Waals surface area contributed by atoms with Crippen LogP contribution in [0.4, 0.5) is 0 Å². The van der Waals surface area contributed by atoms with E-state index in [2.05, 4.69) is 5.16 Å². The Morgan fingerprint density at radius 2 is 1.67 bits per heavy atom. The third-order valence-electron chi connectivity index (χ3n) is 2.89. The maximum atomic E-state index is 9.09. The second-order valence-corrected chi connectivity index (χ2v) is 4.33. The van der Waals surface area contributed by atoms with Gasteiger partial charge in [0.2, 0.25) is 0 Å². The van der Waals surface area contributed by atoms with E-state index < -0.39 is 6.29 Å². The van der Waals surface area contributed by atoms with E-state index in [-0.39, 0.29) is 12.3 Å². The molecule has 0 spiro atoms. The van der Waals surface area contributed by atoms with Crippen molar-refractivity contribution < 1.29 is 14.3 Å². The molecule has 5 nitrogen and oxygen atoms in total. The topological polar surface area (TPSA) is 63.8 Å². The van der Waals surface area contributed by atoms with Gasteiger partial charge in [0.05, 0.1) is 0 Å². The van der Waals surface area contributed by atoms with Crippen LogP contribution in [-0.2, 0) is 4.84 Å². The molecule has 3 rings (SSSR count). The summed E-state index contributed by atoms with van der Waals surface area (Å²) >= 11 is 0. The summed E-state index contributed by atoms with van der Waals surface area (Å²) in [6.07, 6.45) is -0.554. The van der Waals surface area contributed by atoms with Crippen molar-refractivity contribution >= 4 is 5.71 Å². The van der Waals surface area contributed by atoms with Crippen molar-refractivity contribution in [2.45, 2.75) is 6.29 Å². The van der Waals surface area contributed by atoms with E-state index >= 15 is 0 Å². The van der Waals surface area contributed by atoms with Gasteiger partial charge in [0.25, 0.3) is 6.29 Å². The summed E-state index contributed by atoms with van der Waals surface area (Å²) in [6, 6.07) is 18.5. The number of oxime groups is 1. The molecule has 0 unspecified atom stereocenters. The van der Waals surface area contributed by atoms with E-state index in [0.29, 0.717) is 17.1 Å². The molecule has 1 aliphatic rings. The van der Waals surface area contributed by atoms with Crippen molar-refractivity contribution in [3.05, 3.63) is 60.2 Å². The summed E-state index contributed by atoms with van der Waals surface area (Å²) in [7, 11) is 0. The van der Waals surface area contributed by atoms with E-state index in [0.717, 1.165) is 0 Å². The number of para-hydroxylation sites is 2. The maximum absolute atomic E-state index is 9.09. The molecule has 0 amide bonds. The fraction of sp³-hybridized carbons (Fsp3) is 0.125. The molecule has 0 aromatic heterocycles. The molecule has 0 atom stereocenters. The Morgan fingerprint density at radius 1 is 1.05 bits per heavy atom. The highest BCUT2D eigenvalue weighted by Crippen LogP contribution is 2.33. The molecule has 1 aliphatic heterocycles. The molecule has 0 saturated heterocycles. The lowest BCUT2D eigenvalue weighted by Crippen LogP contribution is -2.23. The molecular weight excluding hydrogens is 268 g/mol. The second kappa shape index (κ2) is 5.97. The first-order valence-corrected chi connectivity index (χ1v) is 6.44. The highest BCUT2D eigenvalue weighted by molar-refractivity contribution is 6.11. The average Bonchev–Trinajstić information content (AvgIpc) is 2.95. The number of ether oxygens (including phenoxy) is 2. The van der Waals surface area contributed by atoms with Crippen molar-refractivity contribution in [1.82, 2.24) is 0 Å². The predicted octanol–water partition coefficient (Wildman–Crippen LogP) is 2.73. The Labute approximate surface area is 122 Å². The third-order valence-corrected chi connectivity index (χ3v) is 2.89. The summed E-state index contributed by atoms with van der Waals surface area (Å²) in [4.78, 5) is 5.17. The number of benzene rings is 2. The largest absolute Gasteiger partial charge is 0.447 e. The zero-order valence-corrected chi connectivity index (χ0v) is 11.1. The highest BCUT2D eigenvalue weighted by atomic mass is 16.7. The van der Waals surface area contributed by atoms with Crippen molar-refractivity contribution in [2.75, 3.05) is 6.61 Å². The second-order valence-electron chi connectivity index (χ2n) is 4.33. The van der Waals surface area contributed by atoms with Crippen LogP contribution in [-0.4, -0.2) is 18.6 Å². The van der Waals surface area contributed by atoms with Gasteiger partial charge in [-0.15, -0.1) is 0 Å². The summed E-state index contributed by atoms with van der Waals surface area (Å²) in [5.74, 6) is 1.36. The van der Waals surface area contributed by atoms with Crippen LogP contribution in [0.1, 0.15) is 5.56 Å². The van der Waals surface area contributed by atoms with Gasteiger partial charge in [-0.25, -0.2) is 0 Å². The van der Waals surface area contributed by atoms with Gasteiger partial charge in [0.15, 0.2) is 23.8 Å². The molecular formula is C16H12N2O3. The quantitative estimate of drug-likeness (QED) is 0.638. The Hall–Kier alpha value is -3.00. The molecule has 0 fully saturated rings. The normalized spacial score (nSPS) is 13.8. The van der Waals surface area contributed by atoms with Gasteiger partial charge in [0, 0.05) is 5.56 Å². The monoisotopic (exact) mass is 280 g/mol. The zero-order chi connectivity index (χ0) is 14.5. The molecule has 2 aromatic rings. The fourth-order valence-electron chi connectivity index (χ4n) is 1.92. The van der Waals surface area contributed by atoms with Crippen LogP contribution in [0.15, 0.2) is 59.8 Å². The molecule has 104 valence electrons. The summed E-state index contributed by atoms with van der Waals surface area (Å²) in [5.41, 5.74) is 0.919. The zero-order valence-electron chi connectivity index (χ0n) is 11.1. The highest BCUT2D eigenvalue weighted by Gasteiger charge is 2.24. The summed E-state index contributed by atoms with van der Waals surface area (Å²) in [6.45, 7) is 0.104. The van der Waals surface area contributed by atoms with Crippen molar-refractivity contribution in [2.24, 2.45) is 5.16 Å². The van der Waals surface area contributed by atoms with Crippen molar-refractivity contribution in [3.63, 3.8) is 0 Å². The minimum Gasteiger partial charge on any atom is -0.447 e. The molecule has 0 bridgehead atoms. The van der Waals surface area contributed by atoms with Gasteiger partial charge in [0.1, 0.15) is 6.07 Å². The van der Waals surface area contributed by atoms with Gasteiger partial charge in [-0.1, -0.05) is 47.6 Å². The fourth-order valence-corrected chi connectivity index (χ4v) is 1.92. The summed E-state index contributed by atoms with van der Waals surface area (Å²) in [5, 5.41) is 12.9. The lowest BCUT2D eigenvalue weighted by molar-refractivity contribution is -0.0314. The minimum atomic E-state index is -0.554. The average molecular weight is 280 g/mol. The van der Waals surface area contributed by atoms with Crippen LogP contribution >= 0.6 is 0 Å². The lowest BCUT2D eigenvalue weighted by atomic mass is 10.1. The first-order valence-electron chi connectivity index (χ1n) is 6.44. The first kappa shape index (κ1) is 13.0. The maximum Gasteiger partial charge on any atom is 0.277 e. The van der Waals surface area contributed by atoms with Crippen LogP contribution in [0.25, 0.3) is 0 Å². The Bertz CT molecular complexity index is 667. The van der Waals surface area contributed by atoms with E-state index in [1.165, 1.54) is 0 Å². The third kappa shape index (κ3) is 2.95. The smallest absolute Gasteiger partial charge is 0.277 e. The van der Waals surface area contributed by atoms with E-state index in [4.69, 9.17) is 19.6 Å². The number of fused-ring (bicyclic) bond motifs is 1. The van der Waals surface area contributed by atoms with Crippen LogP contribution in [0, 0.1) is 11.3 Å². The van der Waals surface area contributed by atoms with Crippen LogP contribution < -0.4 is 9.47 Å². The molecule has 5 heteroatoms. The minimum absolute atomic E-state index is 0.104. The number of hydrogen-bond acceptors (Lipinski definition) is 5. The molecule has 0 saturated carbocycles. The number of nitriles is 1. The molecule has 1 heterocycles. The van der Waals surface area contributed by atoms with Crippen molar-refractivity contribution in [3.8, 4) is 17.6 Å². The van der Waals surface area contributed by atoms with Gasteiger partial charge in [-0.3, -0.25) is 0 Å². The van der Waals surface area contributed by atoms with E-state index in [1.807, 2.05) is 48.5 Å². The van der Waals surface area contributed by atoms with Crippen LogP contribution in [0.5, 0.6) is 11.5 Å². The van der Waals surface area contributed by atoms with E-state index in [9.17, 15) is 0 Å². The van der Waals surface area contributed by atoms with Gasteiger partial charge < -0.3 is 14.3 Å². The van der Waals surface area contributed by atoms with Gasteiger partial charge in [-0.2, -0.15) is 5.26 Å². The Balaban J connectivity index is 1.59. The van der Waals surface area contributed by atoms with E-state index in [1.54, 1.807) is 12.1 Å². The predicted molar refractivity (Wildman–Crippen MR) is 76.0 cm³/mol. The number of hydrogen-bond donors (Lipinski definition) is 0. The Kier molecular flexibility index (Phi) is 3.70. The van der Waals surface area contributed by atoms with Crippen LogP contribution in [0.3, 0.4) is 0 Å². The standard InChI is InChI=1S/C16H12N2O3/c17-10-13(12-6-2-1-3-7-12)18-19-11-16-20-14-8-4-5-9-15(14)21-16/h1-9,16H,11H2/b18-13+. The SMILES string of the molecule is N#C/C(=N\OCC1Oc2ccccc2O1)c1ccccc1. The molecule has 0 aliphatic carbocycles. The van der Waals surface area contributed by atoms with Crippen molar-refractivity contribution in [1.29, 1.82) is 5.26 Å². The first-order chi connectivity index (χ1) is 10.4.